The first-order valence-corrected chi connectivity index (χ1v) is 23.4. The lowest BCUT2D eigenvalue weighted by molar-refractivity contribution is -0.141. The Morgan fingerprint density at radius 1 is 1.09 bits per heavy atom. The summed E-state index contributed by atoms with van der Waals surface area (Å²) < 4.78 is 13.3. The van der Waals surface area contributed by atoms with E-state index in [1.54, 1.807) is 11.3 Å². The van der Waals surface area contributed by atoms with Gasteiger partial charge in [-0.3, -0.25) is 14.4 Å². The first-order valence-electron chi connectivity index (χ1n) is 15.7. The predicted octanol–water partition coefficient (Wildman–Crippen LogP) is 7.74. The number of carbonyl (C=O) groups is 3. The standard InChI is InChI=1S/C33H56N2O5SSi2/c1-22-14-13-15-26(20-36)16-17-28(23(2)18-27-21-41-25(4)34-27)35-30(37)19-29(39-42(7,8)9)33(5,6)32(38)24(3)31(22)40-43(10,11)12/h16,18,20-22,24,28-29,31H,13-15,17,19H2,1-12H3,(H,35,37)/b23-18+,26-16+/t22-,24+,28-,29-,31-/m0/s1. The Morgan fingerprint density at radius 2 is 1.72 bits per heavy atom. The fraction of sp³-hybridized carbons (Fsp3) is 0.697. The predicted molar refractivity (Wildman–Crippen MR) is 183 cm³/mol. The summed E-state index contributed by atoms with van der Waals surface area (Å²) in [6, 6.07) is -0.323. The van der Waals surface area contributed by atoms with E-state index in [0.29, 0.717) is 12.8 Å². The lowest BCUT2D eigenvalue weighted by Crippen LogP contribution is -2.52. The van der Waals surface area contributed by atoms with Crippen LogP contribution in [-0.4, -0.2) is 57.8 Å². The van der Waals surface area contributed by atoms with Gasteiger partial charge in [-0.2, -0.15) is 0 Å². The average Bonchev–Trinajstić information content (AvgIpc) is 3.29. The molecule has 0 spiro atoms. The van der Waals surface area contributed by atoms with Crippen LogP contribution < -0.4 is 5.32 Å². The van der Waals surface area contributed by atoms with Gasteiger partial charge in [0.05, 0.1) is 35.4 Å². The van der Waals surface area contributed by atoms with E-state index in [9.17, 15) is 14.4 Å². The van der Waals surface area contributed by atoms with E-state index in [1.807, 2.05) is 52.2 Å². The monoisotopic (exact) mass is 648 g/mol. The van der Waals surface area contributed by atoms with Gasteiger partial charge in [-0.15, -0.1) is 11.3 Å². The maximum Gasteiger partial charge on any atom is 0.223 e. The highest BCUT2D eigenvalue weighted by atomic mass is 32.1. The molecule has 1 N–H and O–H groups in total. The van der Waals surface area contributed by atoms with Gasteiger partial charge in [0.25, 0.3) is 0 Å². The first-order chi connectivity index (χ1) is 19.7. The van der Waals surface area contributed by atoms with Crippen LogP contribution in [0.2, 0.25) is 39.3 Å². The molecule has 242 valence electrons. The van der Waals surface area contributed by atoms with Crippen LogP contribution in [0.15, 0.2) is 22.6 Å². The molecule has 2 heterocycles. The Balaban J connectivity index is 2.58. The number of aryl methyl sites for hydroxylation is 1. The minimum Gasteiger partial charge on any atom is -0.414 e. The average molecular weight is 649 g/mol. The third-order valence-corrected chi connectivity index (χ3v) is 10.8. The lowest BCUT2D eigenvalue weighted by atomic mass is 9.73. The van der Waals surface area contributed by atoms with E-state index in [-0.39, 0.29) is 42.1 Å². The zero-order valence-corrected chi connectivity index (χ0v) is 31.4. The smallest absolute Gasteiger partial charge is 0.223 e. The molecule has 7 nitrogen and oxygen atoms in total. The Labute approximate surface area is 266 Å². The normalized spacial score (nSPS) is 28.6. The Hall–Kier alpha value is -1.73. The summed E-state index contributed by atoms with van der Waals surface area (Å²) in [6.07, 6.45) is 6.89. The van der Waals surface area contributed by atoms with E-state index in [0.717, 1.165) is 41.0 Å². The second kappa shape index (κ2) is 15.5. The molecule has 0 unspecified atom stereocenters. The van der Waals surface area contributed by atoms with Crippen molar-refractivity contribution in [3.8, 4) is 0 Å². The zero-order chi connectivity index (χ0) is 32.8. The summed E-state index contributed by atoms with van der Waals surface area (Å²) in [5.41, 5.74) is 1.63. The number of ketones is 1. The van der Waals surface area contributed by atoms with Gasteiger partial charge in [0, 0.05) is 16.7 Å². The molecule has 0 aromatic carbocycles. The molecule has 0 saturated heterocycles. The van der Waals surface area contributed by atoms with Crippen LogP contribution in [0, 0.1) is 24.2 Å². The largest absolute Gasteiger partial charge is 0.414 e. The molecule has 1 aromatic heterocycles. The molecule has 0 fully saturated rings. The fourth-order valence-corrected chi connectivity index (χ4v) is 8.77. The Bertz CT molecular complexity index is 1180. The number of nitrogens with zero attached hydrogens (tertiary/aromatic N) is 1. The van der Waals surface area contributed by atoms with Crippen molar-refractivity contribution in [2.24, 2.45) is 17.3 Å². The lowest BCUT2D eigenvalue weighted by Gasteiger charge is -2.42. The van der Waals surface area contributed by atoms with Crippen LogP contribution in [0.5, 0.6) is 0 Å². The second-order valence-corrected chi connectivity index (χ2v) is 24.8. The van der Waals surface area contributed by atoms with Crippen molar-refractivity contribution in [1.29, 1.82) is 0 Å². The molecule has 1 aliphatic rings. The number of hydrogen-bond acceptors (Lipinski definition) is 7. The number of rotatable bonds is 7. The highest BCUT2D eigenvalue weighted by Gasteiger charge is 2.46. The number of aldehydes is 1. The van der Waals surface area contributed by atoms with Gasteiger partial charge in [0.2, 0.25) is 5.91 Å². The van der Waals surface area contributed by atoms with Crippen molar-refractivity contribution in [2.45, 2.75) is 131 Å². The number of thiazole rings is 1. The zero-order valence-electron chi connectivity index (χ0n) is 28.6. The molecule has 1 aromatic rings. The second-order valence-electron chi connectivity index (χ2n) is 14.8. The van der Waals surface area contributed by atoms with Crippen LogP contribution in [0.25, 0.3) is 6.08 Å². The van der Waals surface area contributed by atoms with Gasteiger partial charge >= 0.3 is 0 Å². The fourth-order valence-electron chi connectivity index (χ4n) is 5.72. The van der Waals surface area contributed by atoms with Crippen molar-refractivity contribution in [1.82, 2.24) is 10.3 Å². The molecule has 0 bridgehead atoms. The van der Waals surface area contributed by atoms with Crippen LogP contribution >= 0.6 is 11.3 Å². The van der Waals surface area contributed by atoms with Gasteiger partial charge < -0.3 is 14.2 Å². The number of carbonyl (C=O) groups excluding carboxylic acids is 3. The highest BCUT2D eigenvalue weighted by molar-refractivity contribution is 7.09. The maximum absolute atomic E-state index is 14.3. The van der Waals surface area contributed by atoms with Gasteiger partial charge in [-0.25, -0.2) is 4.98 Å². The molecule has 1 aliphatic heterocycles. The third-order valence-electron chi connectivity index (χ3n) is 8.05. The molecular weight excluding hydrogens is 593 g/mol. The van der Waals surface area contributed by atoms with Crippen LogP contribution in [-0.2, 0) is 23.2 Å². The van der Waals surface area contributed by atoms with Crippen molar-refractivity contribution < 1.29 is 23.2 Å². The third kappa shape index (κ3) is 11.9. The highest BCUT2D eigenvalue weighted by Crippen LogP contribution is 2.37. The van der Waals surface area contributed by atoms with Crippen molar-refractivity contribution in [3.05, 3.63) is 33.3 Å². The number of nitrogens with one attached hydrogen (secondary N) is 1. The molecule has 5 atom stereocenters. The van der Waals surface area contributed by atoms with Crippen molar-refractivity contribution in [3.63, 3.8) is 0 Å². The number of allylic oxidation sites excluding steroid dienone is 1. The van der Waals surface area contributed by atoms with E-state index in [2.05, 4.69) is 56.5 Å². The molecule has 1 amide bonds. The molecular formula is C33H56N2O5SSi2. The minimum atomic E-state index is -2.13. The summed E-state index contributed by atoms with van der Waals surface area (Å²) in [7, 11) is -4.11. The van der Waals surface area contributed by atoms with Crippen LogP contribution in [0.1, 0.15) is 77.4 Å². The molecule has 10 heteroatoms. The SMILES string of the molecule is C/C(=C\c1csc(C)n1)[C@@H]1C/C=C(/C=O)CCC[C@H](C)[C@H](O[Si](C)(C)C)[C@@H](C)C(=O)C(C)(C)[C@@H](O[Si](C)(C)C)CC(=O)N1. The van der Waals surface area contributed by atoms with Gasteiger partial charge in [0.15, 0.2) is 16.6 Å². The molecule has 0 saturated carbocycles. The number of Topliss-reactive ketones (excluding diaryl/α,β-unsaturated/α-hetero) is 1. The maximum atomic E-state index is 14.3. The summed E-state index contributed by atoms with van der Waals surface area (Å²) in [5.74, 6) is -0.367. The van der Waals surface area contributed by atoms with Gasteiger partial charge in [-0.05, 0) is 102 Å². The van der Waals surface area contributed by atoms with Crippen molar-refractivity contribution in [2.75, 3.05) is 0 Å². The van der Waals surface area contributed by atoms with E-state index < -0.39 is 28.2 Å². The van der Waals surface area contributed by atoms with Gasteiger partial charge in [0.1, 0.15) is 12.1 Å². The summed E-state index contributed by atoms with van der Waals surface area (Å²) in [6.45, 7) is 24.6. The number of amides is 1. The minimum absolute atomic E-state index is 0.0609. The van der Waals surface area contributed by atoms with Crippen LogP contribution in [0.4, 0.5) is 0 Å². The van der Waals surface area contributed by atoms with E-state index in [1.165, 1.54) is 0 Å². The molecule has 2 rings (SSSR count). The molecule has 0 aliphatic carbocycles. The number of aromatic nitrogens is 1. The topological polar surface area (TPSA) is 94.6 Å². The van der Waals surface area contributed by atoms with E-state index >= 15 is 0 Å². The molecule has 0 radical (unpaired) electrons. The Morgan fingerprint density at radius 3 is 2.26 bits per heavy atom. The Kier molecular flexibility index (Phi) is 13.5. The summed E-state index contributed by atoms with van der Waals surface area (Å²) >= 11 is 1.58. The summed E-state index contributed by atoms with van der Waals surface area (Å²) in [4.78, 5) is 44.7. The van der Waals surface area contributed by atoms with Crippen LogP contribution in [0.3, 0.4) is 0 Å². The quantitative estimate of drug-likeness (QED) is 0.240. The van der Waals surface area contributed by atoms with E-state index in [4.69, 9.17) is 8.85 Å². The summed E-state index contributed by atoms with van der Waals surface area (Å²) in [5, 5.41) is 6.18. The first kappa shape index (κ1) is 37.5. The van der Waals surface area contributed by atoms with Gasteiger partial charge in [-0.1, -0.05) is 33.8 Å². The molecule has 43 heavy (non-hydrogen) atoms. The van der Waals surface area contributed by atoms with Crippen molar-refractivity contribution >= 4 is 52.0 Å². The number of hydrogen-bond donors (Lipinski definition) is 1.